The molecule has 1 unspecified atom stereocenters. The average molecular weight is 460 g/mol. The van der Waals surface area contributed by atoms with Gasteiger partial charge >= 0.3 is 0 Å². The zero-order chi connectivity index (χ0) is 22.6. The molecule has 31 heavy (non-hydrogen) atoms. The fourth-order valence-corrected chi connectivity index (χ4v) is 3.63. The maximum atomic E-state index is 12.8. The molecule has 10 heteroatoms. The van der Waals surface area contributed by atoms with Crippen LogP contribution < -0.4 is 10.5 Å². The molecule has 0 saturated heterocycles. The second kappa shape index (κ2) is 9.25. The van der Waals surface area contributed by atoms with Crippen molar-refractivity contribution in [1.82, 2.24) is 0 Å². The van der Waals surface area contributed by atoms with E-state index in [2.05, 4.69) is 5.32 Å². The van der Waals surface area contributed by atoms with Crippen LogP contribution in [0.2, 0.25) is 5.02 Å². The second-order valence-corrected chi connectivity index (χ2v) is 8.75. The lowest BCUT2D eigenvalue weighted by Crippen LogP contribution is -2.16. The standard InChI is InChI=1S/C21H18ClN3O5S/c22-16-6-4-14(5-7-16)21(26)13-20(15-2-1-3-18(12-15)25(27)28)24-17-8-10-19(11-9-17)31(23,29)30/h1-12,20,24H,13H2,(H2,23,29,30). The number of carbonyl (C=O) groups excluding carboxylic acids is 1. The molecule has 0 aliphatic rings. The largest absolute Gasteiger partial charge is 0.378 e. The molecule has 0 aromatic heterocycles. The van der Waals surface area contributed by atoms with Crippen LogP contribution >= 0.6 is 11.6 Å². The van der Waals surface area contributed by atoms with Gasteiger partial charge in [0.2, 0.25) is 10.0 Å². The van der Waals surface area contributed by atoms with Crippen LogP contribution in [0.15, 0.2) is 77.7 Å². The predicted molar refractivity (Wildman–Crippen MR) is 118 cm³/mol. The number of ketones is 1. The van der Waals surface area contributed by atoms with Crippen LogP contribution in [0.25, 0.3) is 0 Å². The number of anilines is 1. The number of hydrogen-bond acceptors (Lipinski definition) is 6. The third-order valence-electron chi connectivity index (χ3n) is 4.56. The second-order valence-electron chi connectivity index (χ2n) is 6.75. The molecule has 8 nitrogen and oxygen atoms in total. The molecule has 0 amide bonds. The third-order valence-corrected chi connectivity index (χ3v) is 5.74. The number of nitrogens with one attached hydrogen (secondary N) is 1. The highest BCUT2D eigenvalue weighted by Crippen LogP contribution is 2.28. The summed E-state index contributed by atoms with van der Waals surface area (Å²) in [7, 11) is -3.84. The molecule has 0 fully saturated rings. The van der Waals surface area contributed by atoms with Gasteiger partial charge in [-0.05, 0) is 54.1 Å². The monoisotopic (exact) mass is 459 g/mol. The van der Waals surface area contributed by atoms with Gasteiger partial charge in [-0.2, -0.15) is 0 Å². The number of hydrogen-bond donors (Lipinski definition) is 2. The minimum Gasteiger partial charge on any atom is -0.378 e. The number of non-ortho nitro benzene ring substituents is 1. The third kappa shape index (κ3) is 5.88. The van der Waals surface area contributed by atoms with E-state index in [0.717, 1.165) is 0 Å². The smallest absolute Gasteiger partial charge is 0.269 e. The van der Waals surface area contributed by atoms with Crippen molar-refractivity contribution >= 4 is 38.8 Å². The molecule has 3 N–H and O–H groups in total. The molecule has 0 bridgehead atoms. The zero-order valence-electron chi connectivity index (χ0n) is 16.1. The van der Waals surface area contributed by atoms with Gasteiger partial charge in [0, 0.05) is 34.8 Å². The van der Waals surface area contributed by atoms with Crippen LogP contribution in [0.5, 0.6) is 0 Å². The summed E-state index contributed by atoms with van der Waals surface area (Å²) in [4.78, 5) is 23.4. The molecule has 0 aliphatic carbocycles. The van der Waals surface area contributed by atoms with Crippen LogP contribution in [-0.4, -0.2) is 19.1 Å². The molecule has 0 radical (unpaired) electrons. The normalized spacial score (nSPS) is 12.2. The predicted octanol–water partition coefficient (Wildman–Crippen LogP) is 4.32. The van der Waals surface area contributed by atoms with Crippen molar-refractivity contribution in [1.29, 1.82) is 0 Å². The van der Waals surface area contributed by atoms with Gasteiger partial charge in [-0.1, -0.05) is 23.7 Å². The van der Waals surface area contributed by atoms with Gasteiger partial charge in [0.15, 0.2) is 5.78 Å². The summed E-state index contributed by atoms with van der Waals surface area (Å²) in [5.41, 5.74) is 1.40. The van der Waals surface area contributed by atoms with Crippen molar-refractivity contribution in [2.75, 3.05) is 5.32 Å². The Kier molecular flexibility index (Phi) is 6.69. The molecule has 160 valence electrons. The van der Waals surface area contributed by atoms with E-state index in [9.17, 15) is 23.3 Å². The van der Waals surface area contributed by atoms with E-state index >= 15 is 0 Å². The van der Waals surface area contributed by atoms with E-state index in [1.54, 1.807) is 36.4 Å². The van der Waals surface area contributed by atoms with Crippen molar-refractivity contribution in [3.05, 3.63) is 99.1 Å². The summed E-state index contributed by atoms with van der Waals surface area (Å²) < 4.78 is 22.9. The maximum Gasteiger partial charge on any atom is 0.269 e. The number of nitrogens with zero attached hydrogens (tertiary/aromatic N) is 1. The van der Waals surface area contributed by atoms with Gasteiger partial charge in [0.25, 0.3) is 5.69 Å². The van der Waals surface area contributed by atoms with E-state index in [1.807, 2.05) is 0 Å². The van der Waals surface area contributed by atoms with Crippen LogP contribution in [0.3, 0.4) is 0 Å². The fraction of sp³-hybridized carbons (Fsp3) is 0.0952. The number of nitro groups is 1. The minimum atomic E-state index is -3.84. The van der Waals surface area contributed by atoms with Crippen LogP contribution in [0.4, 0.5) is 11.4 Å². The summed E-state index contributed by atoms with van der Waals surface area (Å²) in [6, 6.07) is 17.5. The zero-order valence-corrected chi connectivity index (χ0v) is 17.6. The van der Waals surface area contributed by atoms with Gasteiger partial charge < -0.3 is 5.32 Å². The molecule has 0 aliphatic heterocycles. The first kappa shape index (κ1) is 22.4. The van der Waals surface area contributed by atoms with E-state index in [-0.39, 0.29) is 22.8 Å². The van der Waals surface area contributed by atoms with E-state index < -0.39 is 21.0 Å². The Morgan fingerprint density at radius 1 is 1.06 bits per heavy atom. The molecular formula is C21H18ClN3O5S. The van der Waals surface area contributed by atoms with Gasteiger partial charge in [-0.3, -0.25) is 14.9 Å². The number of carbonyl (C=O) groups is 1. The first-order valence-corrected chi connectivity index (χ1v) is 11.0. The topological polar surface area (TPSA) is 132 Å². The number of halogens is 1. The SMILES string of the molecule is NS(=O)(=O)c1ccc(NC(CC(=O)c2ccc(Cl)cc2)c2cccc([N+](=O)[O-])c2)cc1. The lowest BCUT2D eigenvalue weighted by atomic mass is 9.97. The van der Waals surface area contributed by atoms with E-state index in [0.29, 0.717) is 21.8 Å². The molecule has 0 saturated carbocycles. The Morgan fingerprint density at radius 2 is 1.71 bits per heavy atom. The van der Waals surface area contributed by atoms with Crippen molar-refractivity contribution in [3.8, 4) is 0 Å². The lowest BCUT2D eigenvalue weighted by Gasteiger charge is -2.20. The van der Waals surface area contributed by atoms with Crippen molar-refractivity contribution in [2.24, 2.45) is 5.14 Å². The Labute approximate surface area is 183 Å². The van der Waals surface area contributed by atoms with Crippen molar-refractivity contribution in [2.45, 2.75) is 17.4 Å². The highest BCUT2D eigenvalue weighted by atomic mass is 35.5. The van der Waals surface area contributed by atoms with Gasteiger partial charge in [0.1, 0.15) is 0 Å². The van der Waals surface area contributed by atoms with Crippen LogP contribution in [-0.2, 0) is 10.0 Å². The number of benzene rings is 3. The number of rotatable bonds is 8. The molecule has 3 rings (SSSR count). The first-order valence-electron chi connectivity index (χ1n) is 9.06. The highest BCUT2D eigenvalue weighted by Gasteiger charge is 2.20. The van der Waals surface area contributed by atoms with Gasteiger partial charge in [-0.15, -0.1) is 0 Å². The fourth-order valence-electron chi connectivity index (χ4n) is 2.99. The lowest BCUT2D eigenvalue weighted by molar-refractivity contribution is -0.384. The number of primary sulfonamides is 1. The summed E-state index contributed by atoms with van der Waals surface area (Å²) in [6.07, 6.45) is -0.000259. The summed E-state index contributed by atoms with van der Waals surface area (Å²) in [5, 5.41) is 19.9. The Bertz CT molecular complexity index is 1210. The Balaban J connectivity index is 1.92. The first-order chi connectivity index (χ1) is 14.6. The molecular weight excluding hydrogens is 442 g/mol. The number of sulfonamides is 1. The minimum absolute atomic E-state index is 0.000259. The van der Waals surface area contributed by atoms with Crippen molar-refractivity contribution < 1.29 is 18.1 Å². The molecule has 0 heterocycles. The Morgan fingerprint density at radius 3 is 2.29 bits per heavy atom. The van der Waals surface area contributed by atoms with E-state index in [1.165, 1.54) is 36.4 Å². The van der Waals surface area contributed by atoms with E-state index in [4.69, 9.17) is 16.7 Å². The summed E-state index contributed by atoms with van der Waals surface area (Å²) >= 11 is 5.88. The van der Waals surface area contributed by atoms with Crippen LogP contribution in [0, 0.1) is 10.1 Å². The maximum absolute atomic E-state index is 12.8. The van der Waals surface area contributed by atoms with Gasteiger partial charge in [-0.25, -0.2) is 13.6 Å². The van der Waals surface area contributed by atoms with Crippen LogP contribution in [0.1, 0.15) is 28.4 Å². The molecule has 3 aromatic carbocycles. The number of Topliss-reactive ketones (excluding diaryl/α,β-unsaturated/α-hetero) is 1. The Hall–Kier alpha value is -3.27. The highest BCUT2D eigenvalue weighted by molar-refractivity contribution is 7.89. The van der Waals surface area contributed by atoms with Gasteiger partial charge in [0.05, 0.1) is 15.9 Å². The summed E-state index contributed by atoms with van der Waals surface area (Å²) in [6.45, 7) is 0. The number of nitro benzene ring substituents is 1. The molecule has 0 spiro atoms. The van der Waals surface area contributed by atoms with Crippen molar-refractivity contribution in [3.63, 3.8) is 0 Å². The average Bonchev–Trinajstić information content (AvgIpc) is 2.73. The number of nitrogens with two attached hydrogens (primary N) is 1. The molecule has 3 aromatic rings. The quantitative estimate of drug-likeness (QED) is 0.293. The summed E-state index contributed by atoms with van der Waals surface area (Å²) in [5.74, 6) is -0.193. The molecule has 1 atom stereocenters.